The van der Waals surface area contributed by atoms with Gasteiger partial charge in [-0.25, -0.2) is 0 Å². The SMILES string of the molecule is O=C1NCC2C1CCCN2C(=O)Cc1cccc(O)c1. The van der Waals surface area contributed by atoms with E-state index in [2.05, 4.69) is 5.32 Å². The van der Waals surface area contributed by atoms with Crippen LogP contribution in [0.15, 0.2) is 24.3 Å². The van der Waals surface area contributed by atoms with Crippen LogP contribution in [-0.2, 0) is 16.0 Å². The van der Waals surface area contributed by atoms with Crippen molar-refractivity contribution in [3.8, 4) is 5.75 Å². The van der Waals surface area contributed by atoms with Crippen LogP contribution in [0.1, 0.15) is 18.4 Å². The fourth-order valence-electron chi connectivity index (χ4n) is 3.20. The molecule has 0 spiro atoms. The van der Waals surface area contributed by atoms with Crippen LogP contribution in [0, 0.1) is 5.92 Å². The number of nitrogens with one attached hydrogen (secondary N) is 1. The fraction of sp³-hybridized carbons (Fsp3) is 0.467. The van der Waals surface area contributed by atoms with Crippen molar-refractivity contribution in [2.45, 2.75) is 25.3 Å². The van der Waals surface area contributed by atoms with E-state index in [0.29, 0.717) is 13.1 Å². The molecule has 2 amide bonds. The molecule has 2 fully saturated rings. The van der Waals surface area contributed by atoms with E-state index in [1.165, 1.54) is 0 Å². The topological polar surface area (TPSA) is 69.6 Å². The molecule has 1 aromatic rings. The standard InChI is InChI=1S/C15H18N2O3/c18-11-4-1-3-10(7-11)8-14(19)17-6-2-5-12-13(17)9-16-15(12)20/h1,3-4,7,12-13,18H,2,5-6,8-9H2,(H,16,20). The van der Waals surface area contributed by atoms with Crippen molar-refractivity contribution in [1.82, 2.24) is 10.2 Å². The van der Waals surface area contributed by atoms with Crippen LogP contribution in [0.2, 0.25) is 0 Å². The maximum atomic E-state index is 12.4. The number of phenolic OH excluding ortho intramolecular Hbond substituents is 1. The van der Waals surface area contributed by atoms with Crippen LogP contribution in [0.25, 0.3) is 0 Å². The lowest BCUT2D eigenvalue weighted by molar-refractivity contribution is -0.136. The molecule has 20 heavy (non-hydrogen) atoms. The van der Waals surface area contributed by atoms with Crippen molar-refractivity contribution in [3.05, 3.63) is 29.8 Å². The number of rotatable bonds is 2. The number of likely N-dealkylation sites (tertiary alicyclic amines) is 1. The smallest absolute Gasteiger partial charge is 0.227 e. The normalized spacial score (nSPS) is 25.2. The molecule has 2 N–H and O–H groups in total. The van der Waals surface area contributed by atoms with Gasteiger partial charge in [-0.1, -0.05) is 12.1 Å². The molecule has 3 rings (SSSR count). The number of fused-ring (bicyclic) bond motifs is 1. The van der Waals surface area contributed by atoms with E-state index in [1.54, 1.807) is 18.2 Å². The molecule has 0 saturated carbocycles. The quantitative estimate of drug-likeness (QED) is 0.833. The molecule has 0 aromatic heterocycles. The summed E-state index contributed by atoms with van der Waals surface area (Å²) in [7, 11) is 0. The van der Waals surface area contributed by atoms with Crippen LogP contribution in [0.3, 0.4) is 0 Å². The van der Waals surface area contributed by atoms with Crippen LogP contribution >= 0.6 is 0 Å². The Morgan fingerprint density at radius 3 is 3.10 bits per heavy atom. The van der Waals surface area contributed by atoms with Gasteiger partial charge in [-0.15, -0.1) is 0 Å². The lowest BCUT2D eigenvalue weighted by atomic mass is 9.91. The van der Waals surface area contributed by atoms with E-state index in [-0.39, 0.29) is 35.9 Å². The maximum Gasteiger partial charge on any atom is 0.227 e. The second-order valence-corrected chi connectivity index (χ2v) is 5.50. The van der Waals surface area contributed by atoms with E-state index in [4.69, 9.17) is 0 Å². The zero-order valence-corrected chi connectivity index (χ0v) is 11.2. The van der Waals surface area contributed by atoms with Gasteiger partial charge in [0.2, 0.25) is 11.8 Å². The first kappa shape index (κ1) is 13.0. The summed E-state index contributed by atoms with van der Waals surface area (Å²) in [5.41, 5.74) is 0.800. The Bertz CT molecular complexity index is 544. The lowest BCUT2D eigenvalue weighted by Crippen LogP contribution is -2.49. The first-order valence-electron chi connectivity index (χ1n) is 7.00. The highest BCUT2D eigenvalue weighted by atomic mass is 16.3. The zero-order chi connectivity index (χ0) is 14.1. The maximum absolute atomic E-state index is 12.4. The highest BCUT2D eigenvalue weighted by molar-refractivity contribution is 5.85. The Kier molecular flexibility index (Phi) is 3.34. The highest BCUT2D eigenvalue weighted by Crippen LogP contribution is 2.28. The number of carbonyl (C=O) groups is 2. The molecular weight excluding hydrogens is 256 g/mol. The third kappa shape index (κ3) is 2.35. The van der Waals surface area contributed by atoms with Crippen molar-refractivity contribution in [1.29, 1.82) is 0 Å². The lowest BCUT2D eigenvalue weighted by Gasteiger charge is -2.36. The summed E-state index contributed by atoms with van der Waals surface area (Å²) in [5.74, 6) is 0.230. The summed E-state index contributed by atoms with van der Waals surface area (Å²) in [4.78, 5) is 26.0. The largest absolute Gasteiger partial charge is 0.508 e. The molecule has 2 unspecified atom stereocenters. The highest BCUT2D eigenvalue weighted by Gasteiger charge is 2.42. The molecule has 5 heteroatoms. The molecule has 2 saturated heterocycles. The van der Waals surface area contributed by atoms with Gasteiger partial charge in [0, 0.05) is 13.1 Å². The average Bonchev–Trinajstić information content (AvgIpc) is 2.81. The molecule has 1 aromatic carbocycles. The summed E-state index contributed by atoms with van der Waals surface area (Å²) in [5, 5.41) is 12.3. The fourth-order valence-corrected chi connectivity index (χ4v) is 3.20. The Morgan fingerprint density at radius 1 is 1.45 bits per heavy atom. The van der Waals surface area contributed by atoms with Crippen molar-refractivity contribution >= 4 is 11.8 Å². The van der Waals surface area contributed by atoms with Gasteiger partial charge in [0.05, 0.1) is 18.4 Å². The van der Waals surface area contributed by atoms with Crippen molar-refractivity contribution in [3.63, 3.8) is 0 Å². The van der Waals surface area contributed by atoms with Crippen molar-refractivity contribution < 1.29 is 14.7 Å². The Morgan fingerprint density at radius 2 is 2.30 bits per heavy atom. The third-order valence-corrected chi connectivity index (χ3v) is 4.19. The van der Waals surface area contributed by atoms with E-state index < -0.39 is 0 Å². The monoisotopic (exact) mass is 274 g/mol. The molecule has 2 aliphatic rings. The minimum atomic E-state index is -0.0446. The molecule has 5 nitrogen and oxygen atoms in total. The summed E-state index contributed by atoms with van der Waals surface area (Å²) < 4.78 is 0. The van der Waals surface area contributed by atoms with Gasteiger partial charge in [0.1, 0.15) is 5.75 Å². The van der Waals surface area contributed by atoms with E-state index in [0.717, 1.165) is 18.4 Å². The van der Waals surface area contributed by atoms with Gasteiger partial charge in [-0.05, 0) is 30.5 Å². The minimum absolute atomic E-state index is 0.000981. The van der Waals surface area contributed by atoms with Gasteiger partial charge in [-0.3, -0.25) is 9.59 Å². The predicted molar refractivity (Wildman–Crippen MR) is 73.0 cm³/mol. The van der Waals surface area contributed by atoms with Crippen LogP contribution in [0.5, 0.6) is 5.75 Å². The molecule has 2 aliphatic heterocycles. The number of carbonyl (C=O) groups excluding carboxylic acids is 2. The van der Waals surface area contributed by atoms with E-state index in [1.807, 2.05) is 11.0 Å². The Labute approximate surface area is 117 Å². The summed E-state index contributed by atoms with van der Waals surface area (Å²) in [6.45, 7) is 1.28. The molecule has 0 bridgehead atoms. The first-order valence-corrected chi connectivity index (χ1v) is 7.00. The number of nitrogens with zero attached hydrogens (tertiary/aromatic N) is 1. The second-order valence-electron chi connectivity index (χ2n) is 5.50. The molecular formula is C15H18N2O3. The minimum Gasteiger partial charge on any atom is -0.508 e. The Hall–Kier alpha value is -2.04. The first-order chi connectivity index (χ1) is 9.65. The average molecular weight is 274 g/mol. The summed E-state index contributed by atoms with van der Waals surface area (Å²) in [6.07, 6.45) is 2.01. The Balaban J connectivity index is 1.72. The van der Waals surface area contributed by atoms with Gasteiger partial charge < -0.3 is 15.3 Å². The van der Waals surface area contributed by atoms with Gasteiger partial charge in [0.25, 0.3) is 0 Å². The molecule has 0 aliphatic carbocycles. The van der Waals surface area contributed by atoms with Crippen LogP contribution in [0.4, 0.5) is 0 Å². The number of aromatic hydroxyl groups is 1. The van der Waals surface area contributed by atoms with Crippen LogP contribution in [-0.4, -0.2) is 41.0 Å². The number of hydrogen-bond acceptors (Lipinski definition) is 3. The summed E-state index contributed by atoms with van der Waals surface area (Å²) in [6, 6.07) is 6.76. The number of piperidine rings is 1. The number of benzene rings is 1. The molecule has 106 valence electrons. The van der Waals surface area contributed by atoms with Gasteiger partial charge in [-0.2, -0.15) is 0 Å². The second kappa shape index (κ2) is 5.15. The number of phenols is 1. The molecule has 0 radical (unpaired) electrons. The third-order valence-electron chi connectivity index (χ3n) is 4.19. The van der Waals surface area contributed by atoms with Gasteiger partial charge >= 0.3 is 0 Å². The number of hydrogen-bond donors (Lipinski definition) is 2. The summed E-state index contributed by atoms with van der Waals surface area (Å²) >= 11 is 0. The molecule has 2 atom stereocenters. The van der Waals surface area contributed by atoms with E-state index >= 15 is 0 Å². The van der Waals surface area contributed by atoms with Gasteiger partial charge in [0.15, 0.2) is 0 Å². The van der Waals surface area contributed by atoms with Crippen molar-refractivity contribution in [2.75, 3.05) is 13.1 Å². The molecule has 2 heterocycles. The zero-order valence-electron chi connectivity index (χ0n) is 11.2. The van der Waals surface area contributed by atoms with Crippen LogP contribution < -0.4 is 5.32 Å². The van der Waals surface area contributed by atoms with Crippen molar-refractivity contribution in [2.24, 2.45) is 5.92 Å². The predicted octanol–water partition coefficient (Wildman–Crippen LogP) is 0.672. The van der Waals surface area contributed by atoms with E-state index in [9.17, 15) is 14.7 Å². The number of amides is 2.